The second-order valence-electron chi connectivity index (χ2n) is 4.18. The van der Waals surface area contributed by atoms with Crippen molar-refractivity contribution in [3.63, 3.8) is 0 Å². The van der Waals surface area contributed by atoms with E-state index in [9.17, 15) is 0 Å². The van der Waals surface area contributed by atoms with Crippen LogP contribution in [0.1, 0.15) is 26.7 Å². The molecule has 3 nitrogen and oxygen atoms in total. The van der Waals surface area contributed by atoms with Crippen molar-refractivity contribution in [1.29, 1.82) is 0 Å². The van der Waals surface area contributed by atoms with E-state index in [1.54, 1.807) is 14.2 Å². The third-order valence-corrected chi connectivity index (χ3v) is 2.78. The summed E-state index contributed by atoms with van der Waals surface area (Å²) in [5.41, 5.74) is 0. The van der Waals surface area contributed by atoms with E-state index in [2.05, 4.69) is 19.2 Å². The van der Waals surface area contributed by atoms with E-state index < -0.39 is 0 Å². The largest absolute Gasteiger partial charge is 0.384 e. The van der Waals surface area contributed by atoms with Crippen LogP contribution >= 0.6 is 0 Å². The molecule has 0 bridgehead atoms. The first-order valence-electron chi connectivity index (χ1n) is 5.94. The summed E-state index contributed by atoms with van der Waals surface area (Å²) in [5, 5.41) is 3.43. The van der Waals surface area contributed by atoms with Gasteiger partial charge in [0.2, 0.25) is 0 Å². The Labute approximate surface area is 94.5 Å². The van der Waals surface area contributed by atoms with Gasteiger partial charge in [0.15, 0.2) is 0 Å². The van der Waals surface area contributed by atoms with Gasteiger partial charge in [-0.1, -0.05) is 20.3 Å². The minimum Gasteiger partial charge on any atom is -0.384 e. The molecule has 0 aliphatic carbocycles. The van der Waals surface area contributed by atoms with Crippen LogP contribution in [0.4, 0.5) is 0 Å². The normalized spacial score (nSPS) is 15.2. The highest BCUT2D eigenvalue weighted by atomic mass is 16.5. The zero-order valence-electron chi connectivity index (χ0n) is 10.7. The number of nitrogens with one attached hydrogen (secondary N) is 1. The fraction of sp³-hybridized carbons (Fsp3) is 1.00. The van der Waals surface area contributed by atoms with Gasteiger partial charge in [-0.25, -0.2) is 0 Å². The molecule has 3 heteroatoms. The van der Waals surface area contributed by atoms with Gasteiger partial charge in [-0.3, -0.25) is 0 Å². The Morgan fingerprint density at radius 3 is 2.47 bits per heavy atom. The van der Waals surface area contributed by atoms with Crippen molar-refractivity contribution in [3.8, 4) is 0 Å². The fourth-order valence-electron chi connectivity index (χ4n) is 1.82. The molecule has 0 spiro atoms. The van der Waals surface area contributed by atoms with Crippen LogP contribution in [0.5, 0.6) is 0 Å². The van der Waals surface area contributed by atoms with E-state index in [0.29, 0.717) is 11.8 Å². The maximum atomic E-state index is 5.21. The van der Waals surface area contributed by atoms with Gasteiger partial charge in [-0.05, 0) is 24.8 Å². The zero-order valence-corrected chi connectivity index (χ0v) is 10.7. The van der Waals surface area contributed by atoms with E-state index in [1.165, 1.54) is 12.8 Å². The van der Waals surface area contributed by atoms with E-state index in [4.69, 9.17) is 9.47 Å². The second kappa shape index (κ2) is 10.4. The van der Waals surface area contributed by atoms with E-state index >= 15 is 0 Å². The van der Waals surface area contributed by atoms with Crippen LogP contribution < -0.4 is 5.32 Å². The minimum atomic E-state index is 0.630. The molecule has 0 aromatic heterocycles. The van der Waals surface area contributed by atoms with Crippen LogP contribution in [0.3, 0.4) is 0 Å². The summed E-state index contributed by atoms with van der Waals surface area (Å²) in [5.74, 6) is 1.34. The summed E-state index contributed by atoms with van der Waals surface area (Å²) in [6.07, 6.45) is 2.51. The number of ether oxygens (including phenoxy) is 2. The first-order valence-corrected chi connectivity index (χ1v) is 5.94. The Morgan fingerprint density at radius 1 is 1.20 bits per heavy atom. The predicted octanol–water partition coefficient (Wildman–Crippen LogP) is 1.92. The Kier molecular flexibility index (Phi) is 10.3. The maximum Gasteiger partial charge on any atom is 0.0587 e. The average Bonchev–Trinajstić information content (AvgIpc) is 2.23. The Balaban J connectivity index is 3.71. The molecule has 92 valence electrons. The van der Waals surface area contributed by atoms with Gasteiger partial charge in [0, 0.05) is 27.4 Å². The first kappa shape index (κ1) is 14.9. The summed E-state index contributed by atoms with van der Waals surface area (Å²) in [4.78, 5) is 0. The molecule has 2 unspecified atom stereocenters. The SMILES string of the molecule is CCCC(CNCCOC)C(C)COC. The number of hydrogen-bond donors (Lipinski definition) is 1. The zero-order chi connectivity index (χ0) is 11.5. The van der Waals surface area contributed by atoms with Gasteiger partial charge >= 0.3 is 0 Å². The minimum absolute atomic E-state index is 0.630. The lowest BCUT2D eigenvalue weighted by Crippen LogP contribution is -2.31. The van der Waals surface area contributed by atoms with Crippen LogP contribution in [0.2, 0.25) is 0 Å². The summed E-state index contributed by atoms with van der Waals surface area (Å²) >= 11 is 0. The highest BCUT2D eigenvalue weighted by Gasteiger charge is 2.15. The van der Waals surface area contributed by atoms with Gasteiger partial charge in [0.1, 0.15) is 0 Å². The molecule has 0 rings (SSSR count). The molecule has 15 heavy (non-hydrogen) atoms. The molecule has 0 aliphatic heterocycles. The molecule has 2 atom stereocenters. The maximum absolute atomic E-state index is 5.21. The third kappa shape index (κ3) is 7.77. The molecule has 0 amide bonds. The van der Waals surface area contributed by atoms with Crippen molar-refractivity contribution in [2.45, 2.75) is 26.7 Å². The molecule has 0 radical (unpaired) electrons. The van der Waals surface area contributed by atoms with Gasteiger partial charge in [-0.15, -0.1) is 0 Å². The Bertz CT molecular complexity index is 131. The van der Waals surface area contributed by atoms with Crippen LogP contribution in [0.25, 0.3) is 0 Å². The van der Waals surface area contributed by atoms with Crippen LogP contribution in [0.15, 0.2) is 0 Å². The Morgan fingerprint density at radius 2 is 1.93 bits per heavy atom. The Hall–Kier alpha value is -0.120. The molecule has 0 aliphatic rings. The van der Waals surface area contributed by atoms with Crippen molar-refractivity contribution >= 4 is 0 Å². The topological polar surface area (TPSA) is 30.5 Å². The lowest BCUT2D eigenvalue weighted by Gasteiger charge is -2.23. The lowest BCUT2D eigenvalue weighted by atomic mass is 9.90. The van der Waals surface area contributed by atoms with Crippen LogP contribution in [-0.4, -0.2) is 40.5 Å². The molecular formula is C12H27NO2. The number of methoxy groups -OCH3 is 2. The third-order valence-electron chi connectivity index (χ3n) is 2.78. The first-order chi connectivity index (χ1) is 7.26. The van der Waals surface area contributed by atoms with Crippen molar-refractivity contribution in [2.75, 3.05) is 40.5 Å². The average molecular weight is 217 g/mol. The van der Waals surface area contributed by atoms with Gasteiger partial charge in [0.25, 0.3) is 0 Å². The molecule has 0 fully saturated rings. The van der Waals surface area contributed by atoms with Gasteiger partial charge < -0.3 is 14.8 Å². The summed E-state index contributed by atoms with van der Waals surface area (Å²) in [6, 6.07) is 0. The fourth-order valence-corrected chi connectivity index (χ4v) is 1.82. The molecule has 0 saturated heterocycles. The summed E-state index contributed by atoms with van der Waals surface area (Å²) in [6.45, 7) is 8.16. The predicted molar refractivity (Wildman–Crippen MR) is 64.2 cm³/mol. The van der Waals surface area contributed by atoms with Gasteiger partial charge in [0.05, 0.1) is 6.61 Å². The number of rotatable bonds is 10. The molecular weight excluding hydrogens is 190 g/mol. The molecule has 0 aromatic carbocycles. The molecule has 1 N–H and O–H groups in total. The van der Waals surface area contributed by atoms with Crippen LogP contribution in [-0.2, 0) is 9.47 Å². The monoisotopic (exact) mass is 217 g/mol. The molecule has 0 saturated carbocycles. The lowest BCUT2D eigenvalue weighted by molar-refractivity contribution is 0.123. The number of hydrogen-bond acceptors (Lipinski definition) is 3. The standard InChI is InChI=1S/C12H27NO2/c1-5-6-12(11(2)10-15-4)9-13-7-8-14-3/h11-13H,5-10H2,1-4H3. The van der Waals surface area contributed by atoms with Crippen molar-refractivity contribution in [2.24, 2.45) is 11.8 Å². The van der Waals surface area contributed by atoms with Crippen molar-refractivity contribution in [1.82, 2.24) is 5.32 Å². The van der Waals surface area contributed by atoms with Crippen LogP contribution in [0, 0.1) is 11.8 Å². The molecule has 0 aromatic rings. The highest BCUT2D eigenvalue weighted by molar-refractivity contribution is 4.68. The van der Waals surface area contributed by atoms with E-state index in [0.717, 1.165) is 26.3 Å². The second-order valence-corrected chi connectivity index (χ2v) is 4.18. The van der Waals surface area contributed by atoms with Crippen molar-refractivity contribution < 1.29 is 9.47 Å². The van der Waals surface area contributed by atoms with E-state index in [-0.39, 0.29) is 0 Å². The van der Waals surface area contributed by atoms with E-state index in [1.807, 2.05) is 0 Å². The highest BCUT2D eigenvalue weighted by Crippen LogP contribution is 2.16. The van der Waals surface area contributed by atoms with Crippen molar-refractivity contribution in [3.05, 3.63) is 0 Å². The smallest absolute Gasteiger partial charge is 0.0587 e. The summed E-state index contributed by atoms with van der Waals surface area (Å²) in [7, 11) is 3.51. The molecule has 0 heterocycles. The summed E-state index contributed by atoms with van der Waals surface area (Å²) < 4.78 is 10.2. The quantitative estimate of drug-likeness (QED) is 0.567. The van der Waals surface area contributed by atoms with Gasteiger partial charge in [-0.2, -0.15) is 0 Å².